The van der Waals surface area contributed by atoms with E-state index < -0.39 is 11.5 Å². The van der Waals surface area contributed by atoms with Crippen molar-refractivity contribution >= 4 is 11.9 Å². The lowest BCUT2D eigenvalue weighted by atomic mass is 9.96. The van der Waals surface area contributed by atoms with E-state index in [1.165, 1.54) is 0 Å². The molecule has 2 rings (SSSR count). The van der Waals surface area contributed by atoms with Crippen LogP contribution in [0.1, 0.15) is 25.7 Å². The summed E-state index contributed by atoms with van der Waals surface area (Å²) in [5.74, 6) is -1.04. The molecule has 15 heavy (non-hydrogen) atoms. The minimum Gasteiger partial charge on any atom is -0.481 e. The molecule has 5 heteroatoms. The molecule has 0 spiro atoms. The number of likely N-dealkylation sites (tertiary alicyclic amines) is 1. The van der Waals surface area contributed by atoms with Gasteiger partial charge in [-0.15, -0.1) is 0 Å². The van der Waals surface area contributed by atoms with Crippen LogP contribution >= 0.6 is 0 Å². The van der Waals surface area contributed by atoms with Crippen LogP contribution in [0.2, 0.25) is 0 Å². The third kappa shape index (κ3) is 1.97. The van der Waals surface area contributed by atoms with Gasteiger partial charge in [-0.25, -0.2) is 0 Å². The molecule has 2 fully saturated rings. The molecule has 0 radical (unpaired) electrons. The first-order valence-electron chi connectivity index (χ1n) is 5.34. The van der Waals surface area contributed by atoms with Gasteiger partial charge in [0.1, 0.15) is 0 Å². The van der Waals surface area contributed by atoms with E-state index in [2.05, 4.69) is 0 Å². The summed E-state index contributed by atoms with van der Waals surface area (Å²) in [6.45, 7) is 1.07. The average molecular weight is 212 g/mol. The molecule has 1 aliphatic heterocycles. The second kappa shape index (κ2) is 3.48. The highest BCUT2D eigenvalue weighted by atomic mass is 16.4. The van der Waals surface area contributed by atoms with Gasteiger partial charge in [0.05, 0.1) is 11.5 Å². The maximum Gasteiger partial charge on any atom is 0.306 e. The molecule has 3 N–H and O–H groups in total. The summed E-state index contributed by atoms with van der Waals surface area (Å²) in [7, 11) is 0. The fourth-order valence-electron chi connectivity index (χ4n) is 1.99. The van der Waals surface area contributed by atoms with Crippen molar-refractivity contribution in [3.05, 3.63) is 0 Å². The van der Waals surface area contributed by atoms with Gasteiger partial charge in [0.2, 0.25) is 5.91 Å². The van der Waals surface area contributed by atoms with Crippen LogP contribution in [0.4, 0.5) is 0 Å². The van der Waals surface area contributed by atoms with Gasteiger partial charge < -0.3 is 15.7 Å². The second-order valence-electron chi connectivity index (χ2n) is 4.56. The fourth-order valence-corrected chi connectivity index (χ4v) is 1.99. The number of nitrogens with two attached hydrogens (primary N) is 1. The summed E-state index contributed by atoms with van der Waals surface area (Å²) in [5.41, 5.74) is 5.19. The van der Waals surface area contributed by atoms with E-state index in [0.29, 0.717) is 25.9 Å². The Morgan fingerprint density at radius 2 is 1.80 bits per heavy atom. The molecule has 0 aromatic carbocycles. The van der Waals surface area contributed by atoms with Gasteiger partial charge in [-0.3, -0.25) is 9.59 Å². The first kappa shape index (κ1) is 10.4. The molecule has 0 aromatic rings. The molecular formula is C10H16N2O3. The molecular weight excluding hydrogens is 196 g/mol. The van der Waals surface area contributed by atoms with Crippen molar-refractivity contribution in [3.63, 3.8) is 0 Å². The molecule has 0 unspecified atom stereocenters. The zero-order valence-corrected chi connectivity index (χ0v) is 8.61. The minimum absolute atomic E-state index is 0.00587. The molecule has 1 saturated heterocycles. The van der Waals surface area contributed by atoms with E-state index in [1.807, 2.05) is 0 Å². The maximum absolute atomic E-state index is 11.8. The first-order chi connectivity index (χ1) is 7.03. The number of carboxylic acid groups (broad SMARTS) is 1. The normalized spacial score (nSPS) is 25.0. The van der Waals surface area contributed by atoms with Crippen molar-refractivity contribution in [1.82, 2.24) is 4.90 Å². The summed E-state index contributed by atoms with van der Waals surface area (Å²) < 4.78 is 0. The highest BCUT2D eigenvalue weighted by Gasteiger charge is 2.48. The quantitative estimate of drug-likeness (QED) is 0.664. The molecule has 84 valence electrons. The predicted octanol–water partition coefficient (Wildman–Crippen LogP) is -0.199. The maximum atomic E-state index is 11.8. The Morgan fingerprint density at radius 1 is 1.27 bits per heavy atom. The Kier molecular flexibility index (Phi) is 2.42. The Labute approximate surface area is 88.2 Å². The molecule has 1 amide bonds. The number of hydrogen-bond donors (Lipinski definition) is 2. The monoisotopic (exact) mass is 212 g/mol. The number of hydrogen-bond acceptors (Lipinski definition) is 3. The molecule has 1 aliphatic carbocycles. The van der Waals surface area contributed by atoms with Crippen LogP contribution in [0.15, 0.2) is 0 Å². The number of carbonyl (C=O) groups is 2. The number of carboxylic acids is 1. The number of amides is 1. The standard InChI is InChI=1S/C10H16N2O3/c11-10(3-4-10)9(15)12-5-1-7(2-6-12)8(13)14/h7H,1-6,11H2,(H,13,14). The van der Waals surface area contributed by atoms with Gasteiger partial charge in [0.25, 0.3) is 0 Å². The molecule has 1 saturated carbocycles. The van der Waals surface area contributed by atoms with Crippen LogP contribution in [0.5, 0.6) is 0 Å². The smallest absolute Gasteiger partial charge is 0.306 e. The van der Waals surface area contributed by atoms with E-state index >= 15 is 0 Å². The number of aliphatic carboxylic acids is 1. The van der Waals surface area contributed by atoms with Crippen LogP contribution in [0.3, 0.4) is 0 Å². The highest BCUT2D eigenvalue weighted by molar-refractivity contribution is 5.89. The minimum atomic E-state index is -0.754. The summed E-state index contributed by atoms with van der Waals surface area (Å²) in [6.07, 6.45) is 2.64. The van der Waals surface area contributed by atoms with Crippen LogP contribution in [-0.2, 0) is 9.59 Å². The number of piperidine rings is 1. The Balaban J connectivity index is 1.88. The topological polar surface area (TPSA) is 83.6 Å². The summed E-state index contributed by atoms with van der Waals surface area (Å²) >= 11 is 0. The second-order valence-corrected chi connectivity index (χ2v) is 4.56. The van der Waals surface area contributed by atoms with Crippen LogP contribution in [0, 0.1) is 5.92 Å². The van der Waals surface area contributed by atoms with Crippen molar-refractivity contribution < 1.29 is 14.7 Å². The molecule has 0 atom stereocenters. The fraction of sp³-hybridized carbons (Fsp3) is 0.800. The number of carbonyl (C=O) groups excluding carboxylic acids is 1. The van der Waals surface area contributed by atoms with Crippen LogP contribution in [0.25, 0.3) is 0 Å². The van der Waals surface area contributed by atoms with Crippen molar-refractivity contribution in [2.45, 2.75) is 31.2 Å². The lowest BCUT2D eigenvalue weighted by Gasteiger charge is -2.31. The molecule has 0 aromatic heterocycles. The van der Waals surface area contributed by atoms with Gasteiger partial charge in [-0.2, -0.15) is 0 Å². The molecule has 1 heterocycles. The SMILES string of the molecule is NC1(C(=O)N2CCC(C(=O)O)CC2)CC1. The molecule has 5 nitrogen and oxygen atoms in total. The van der Waals surface area contributed by atoms with Crippen molar-refractivity contribution in [2.75, 3.05) is 13.1 Å². The van der Waals surface area contributed by atoms with E-state index in [1.54, 1.807) is 4.90 Å². The summed E-state index contributed by atoms with van der Waals surface area (Å²) in [6, 6.07) is 0. The summed E-state index contributed by atoms with van der Waals surface area (Å²) in [4.78, 5) is 24.2. The third-order valence-corrected chi connectivity index (χ3v) is 3.35. The van der Waals surface area contributed by atoms with Gasteiger partial charge in [-0.05, 0) is 25.7 Å². The molecule has 2 aliphatic rings. The Hall–Kier alpha value is -1.10. The van der Waals surface area contributed by atoms with Gasteiger partial charge >= 0.3 is 5.97 Å². The van der Waals surface area contributed by atoms with Gasteiger partial charge in [0, 0.05) is 13.1 Å². The highest BCUT2D eigenvalue weighted by Crippen LogP contribution is 2.35. The predicted molar refractivity (Wildman–Crippen MR) is 53.1 cm³/mol. The first-order valence-corrected chi connectivity index (χ1v) is 5.34. The van der Waals surface area contributed by atoms with Crippen molar-refractivity contribution in [3.8, 4) is 0 Å². The van der Waals surface area contributed by atoms with Gasteiger partial charge in [0.15, 0.2) is 0 Å². The average Bonchev–Trinajstić information content (AvgIpc) is 2.97. The lowest BCUT2D eigenvalue weighted by Crippen LogP contribution is -2.49. The van der Waals surface area contributed by atoms with E-state index in [0.717, 1.165) is 12.8 Å². The van der Waals surface area contributed by atoms with Crippen molar-refractivity contribution in [1.29, 1.82) is 0 Å². The lowest BCUT2D eigenvalue weighted by molar-refractivity contribution is -0.146. The van der Waals surface area contributed by atoms with E-state index in [9.17, 15) is 9.59 Å². The number of nitrogens with zero attached hydrogens (tertiary/aromatic N) is 1. The van der Waals surface area contributed by atoms with E-state index in [4.69, 9.17) is 10.8 Å². The Morgan fingerprint density at radius 3 is 2.20 bits per heavy atom. The summed E-state index contributed by atoms with van der Waals surface area (Å²) in [5, 5.41) is 8.81. The zero-order valence-electron chi connectivity index (χ0n) is 8.61. The number of rotatable bonds is 2. The molecule has 0 bridgehead atoms. The van der Waals surface area contributed by atoms with Gasteiger partial charge in [-0.1, -0.05) is 0 Å². The van der Waals surface area contributed by atoms with Crippen LogP contribution < -0.4 is 5.73 Å². The van der Waals surface area contributed by atoms with Crippen molar-refractivity contribution in [2.24, 2.45) is 11.7 Å². The Bertz CT molecular complexity index is 291. The van der Waals surface area contributed by atoms with Crippen LogP contribution in [-0.4, -0.2) is 40.5 Å². The zero-order chi connectivity index (χ0) is 11.1. The third-order valence-electron chi connectivity index (χ3n) is 3.35. The largest absolute Gasteiger partial charge is 0.481 e. The van der Waals surface area contributed by atoms with E-state index in [-0.39, 0.29) is 11.8 Å².